The van der Waals surface area contributed by atoms with E-state index in [1.165, 1.54) is 31.3 Å². The number of hydrogen-bond donors (Lipinski definition) is 3. The molecular weight excluding hydrogens is 262 g/mol. The molecule has 2 rings (SSSR count). The molecule has 1 aliphatic rings. The van der Waals surface area contributed by atoms with Gasteiger partial charge in [0.25, 0.3) is 0 Å². The molecule has 0 fully saturated rings. The molecule has 1 aromatic rings. The average molecular weight is 289 g/mol. The molecule has 21 heavy (non-hydrogen) atoms. The Morgan fingerprint density at radius 2 is 2.24 bits per heavy atom. The Kier molecular flexibility index (Phi) is 6.21. The molecule has 0 aromatic carbocycles. The number of rotatable bonds is 9. The first kappa shape index (κ1) is 16.0. The number of allylic oxidation sites excluding steroid dienone is 1. The fraction of sp³-hybridized carbons (Fsp3) is 0.588. The third-order valence-corrected chi connectivity index (χ3v) is 4.16. The Hall–Kier alpha value is -1.39. The summed E-state index contributed by atoms with van der Waals surface area (Å²) >= 11 is 0. The normalized spacial score (nSPS) is 14.9. The summed E-state index contributed by atoms with van der Waals surface area (Å²) in [5.41, 5.74) is 10.2. The number of aliphatic hydroxyl groups is 1. The van der Waals surface area contributed by atoms with Crippen molar-refractivity contribution < 1.29 is 5.11 Å². The number of anilines is 1. The van der Waals surface area contributed by atoms with E-state index < -0.39 is 0 Å². The van der Waals surface area contributed by atoms with E-state index in [1.54, 1.807) is 6.20 Å². The van der Waals surface area contributed by atoms with Gasteiger partial charge in [-0.15, -0.1) is 0 Å². The summed E-state index contributed by atoms with van der Waals surface area (Å²) in [7, 11) is 0. The second-order valence-corrected chi connectivity index (χ2v) is 5.77. The Bertz CT molecular complexity index is 485. The van der Waals surface area contributed by atoms with Gasteiger partial charge in [0.2, 0.25) is 0 Å². The van der Waals surface area contributed by atoms with Crippen LogP contribution in [-0.2, 0) is 6.42 Å². The lowest BCUT2D eigenvalue weighted by Crippen LogP contribution is -2.33. The van der Waals surface area contributed by atoms with Crippen LogP contribution in [0.15, 0.2) is 18.3 Å². The summed E-state index contributed by atoms with van der Waals surface area (Å²) in [6.45, 7) is 3.16. The summed E-state index contributed by atoms with van der Waals surface area (Å²) in [6.07, 6.45) is 10.8. The van der Waals surface area contributed by atoms with E-state index in [0.29, 0.717) is 0 Å². The third kappa shape index (κ3) is 4.29. The molecule has 0 radical (unpaired) electrons. The van der Waals surface area contributed by atoms with E-state index in [-0.39, 0.29) is 12.6 Å². The number of hydrogen-bond acceptors (Lipinski definition) is 4. The molecule has 0 spiro atoms. The Labute approximate surface area is 127 Å². The largest absolute Gasteiger partial charge is 0.398 e. The second-order valence-electron chi connectivity index (χ2n) is 5.77. The molecule has 0 bridgehead atoms. The molecule has 0 aliphatic heterocycles. The van der Waals surface area contributed by atoms with Crippen LogP contribution >= 0.6 is 0 Å². The van der Waals surface area contributed by atoms with Crippen LogP contribution in [0.4, 0.5) is 5.69 Å². The van der Waals surface area contributed by atoms with E-state index in [9.17, 15) is 5.11 Å². The highest BCUT2D eigenvalue weighted by Crippen LogP contribution is 2.28. The fourth-order valence-electron chi connectivity index (χ4n) is 2.81. The first-order valence-electron chi connectivity index (χ1n) is 8.03. The lowest BCUT2D eigenvalue weighted by atomic mass is 10.1. The van der Waals surface area contributed by atoms with Crippen molar-refractivity contribution in [3.63, 3.8) is 0 Å². The van der Waals surface area contributed by atoms with Crippen molar-refractivity contribution in [3.05, 3.63) is 29.6 Å². The highest BCUT2D eigenvalue weighted by Gasteiger charge is 2.18. The van der Waals surface area contributed by atoms with Crippen LogP contribution in [0.1, 0.15) is 50.3 Å². The smallest absolute Gasteiger partial charge is 0.0727 e. The van der Waals surface area contributed by atoms with E-state index in [4.69, 9.17) is 5.73 Å². The van der Waals surface area contributed by atoms with Crippen LogP contribution in [0.2, 0.25) is 0 Å². The summed E-state index contributed by atoms with van der Waals surface area (Å²) in [5, 5.41) is 12.9. The highest BCUT2D eigenvalue weighted by atomic mass is 16.3. The van der Waals surface area contributed by atoms with Gasteiger partial charge >= 0.3 is 0 Å². The molecule has 1 atom stereocenters. The number of unbranched alkanes of at least 4 members (excludes halogenated alkanes) is 3. The number of nitrogens with two attached hydrogens (primary N) is 1. The van der Waals surface area contributed by atoms with Crippen LogP contribution in [-0.4, -0.2) is 29.3 Å². The highest BCUT2D eigenvalue weighted by molar-refractivity contribution is 5.75. The molecule has 0 amide bonds. The molecule has 0 saturated carbocycles. The first-order chi connectivity index (χ1) is 10.3. The maximum Gasteiger partial charge on any atom is 0.0727 e. The zero-order valence-corrected chi connectivity index (χ0v) is 12.9. The molecular formula is C17H27N3O. The van der Waals surface area contributed by atoms with Gasteiger partial charge in [-0.1, -0.05) is 38.7 Å². The van der Waals surface area contributed by atoms with Crippen LogP contribution in [0.25, 0.3) is 5.57 Å². The second kappa shape index (κ2) is 8.15. The molecule has 4 N–H and O–H groups in total. The van der Waals surface area contributed by atoms with Crippen molar-refractivity contribution in [1.29, 1.82) is 0 Å². The fourth-order valence-corrected chi connectivity index (χ4v) is 2.81. The SMILES string of the molecule is CCCCCC[C@@H](CO)NCC1=CCc2c(N)ccnc21. The number of nitrogen functional groups attached to an aromatic ring is 1. The summed E-state index contributed by atoms with van der Waals surface area (Å²) in [6, 6.07) is 2.03. The topological polar surface area (TPSA) is 71.2 Å². The third-order valence-electron chi connectivity index (χ3n) is 4.16. The number of nitrogens with zero attached hydrogens (tertiary/aromatic N) is 1. The Morgan fingerprint density at radius 1 is 1.38 bits per heavy atom. The minimum Gasteiger partial charge on any atom is -0.398 e. The predicted octanol–water partition coefficient (Wildman–Crippen LogP) is 2.52. The number of pyridine rings is 1. The Balaban J connectivity index is 1.82. The first-order valence-corrected chi connectivity index (χ1v) is 8.03. The van der Waals surface area contributed by atoms with Crippen molar-refractivity contribution in [1.82, 2.24) is 10.3 Å². The standard InChI is InChI=1S/C17H27N3O/c1-2-3-4-5-6-14(12-21)20-11-13-7-8-15-16(18)9-10-19-17(13)15/h7,9-10,14,20-21H,2-6,8,11-12H2,1H3,(H2,18,19)/t14-/m0/s1. The lowest BCUT2D eigenvalue weighted by Gasteiger charge is -2.17. The number of aliphatic hydroxyl groups excluding tert-OH is 1. The van der Waals surface area contributed by atoms with Gasteiger partial charge in [0.1, 0.15) is 0 Å². The summed E-state index contributed by atoms with van der Waals surface area (Å²) in [5.74, 6) is 0. The van der Waals surface area contributed by atoms with Crippen molar-refractivity contribution >= 4 is 11.3 Å². The molecule has 1 aromatic heterocycles. The van der Waals surface area contributed by atoms with Gasteiger partial charge in [0, 0.05) is 30.0 Å². The van der Waals surface area contributed by atoms with Crippen molar-refractivity contribution in [2.24, 2.45) is 0 Å². The number of fused-ring (bicyclic) bond motifs is 1. The summed E-state index contributed by atoms with van der Waals surface area (Å²) in [4.78, 5) is 4.44. The minimum absolute atomic E-state index is 0.174. The quantitative estimate of drug-likeness (QED) is 0.611. The molecule has 4 nitrogen and oxygen atoms in total. The molecule has 1 heterocycles. The van der Waals surface area contributed by atoms with Crippen molar-refractivity contribution in [2.75, 3.05) is 18.9 Å². The predicted molar refractivity (Wildman–Crippen MR) is 88.0 cm³/mol. The molecule has 1 aliphatic carbocycles. The van der Waals surface area contributed by atoms with Crippen molar-refractivity contribution in [3.8, 4) is 0 Å². The average Bonchev–Trinajstić information content (AvgIpc) is 2.91. The van der Waals surface area contributed by atoms with Crippen molar-refractivity contribution in [2.45, 2.75) is 51.5 Å². The molecule has 0 saturated heterocycles. The van der Waals surface area contributed by atoms with E-state index in [0.717, 1.165) is 36.3 Å². The van der Waals surface area contributed by atoms with Gasteiger partial charge in [0.15, 0.2) is 0 Å². The zero-order valence-electron chi connectivity index (χ0n) is 12.9. The minimum atomic E-state index is 0.174. The lowest BCUT2D eigenvalue weighted by molar-refractivity contribution is 0.236. The van der Waals surface area contributed by atoms with E-state index in [1.807, 2.05) is 6.07 Å². The van der Waals surface area contributed by atoms with E-state index in [2.05, 4.69) is 23.3 Å². The zero-order chi connectivity index (χ0) is 15.1. The van der Waals surface area contributed by atoms with Gasteiger partial charge in [-0.05, 0) is 24.5 Å². The van der Waals surface area contributed by atoms with Crippen LogP contribution in [0.5, 0.6) is 0 Å². The van der Waals surface area contributed by atoms with Gasteiger partial charge in [-0.3, -0.25) is 4.98 Å². The molecule has 0 unspecified atom stereocenters. The van der Waals surface area contributed by atoms with Gasteiger partial charge < -0.3 is 16.2 Å². The molecule has 116 valence electrons. The number of aromatic nitrogens is 1. The van der Waals surface area contributed by atoms with Gasteiger partial charge in [-0.25, -0.2) is 0 Å². The molecule has 4 heteroatoms. The van der Waals surface area contributed by atoms with Gasteiger partial charge in [0.05, 0.1) is 12.3 Å². The van der Waals surface area contributed by atoms with E-state index >= 15 is 0 Å². The number of nitrogens with one attached hydrogen (secondary N) is 1. The summed E-state index contributed by atoms with van der Waals surface area (Å²) < 4.78 is 0. The maximum atomic E-state index is 9.48. The monoisotopic (exact) mass is 289 g/mol. The maximum absolute atomic E-state index is 9.48. The van der Waals surface area contributed by atoms with Crippen LogP contribution in [0, 0.1) is 0 Å². The van der Waals surface area contributed by atoms with Crippen LogP contribution in [0.3, 0.4) is 0 Å². The van der Waals surface area contributed by atoms with Crippen LogP contribution < -0.4 is 11.1 Å². The van der Waals surface area contributed by atoms with Gasteiger partial charge in [-0.2, -0.15) is 0 Å². The Morgan fingerprint density at radius 3 is 3.00 bits per heavy atom.